The fraction of sp³-hybridized carbons (Fsp3) is 0.333. The van der Waals surface area contributed by atoms with E-state index in [-0.39, 0.29) is 17.7 Å². The SMILES string of the molecule is Cc1ccc(OC(C)C(=O)Nc2cccc(NC(=O)C3CC3)c2C)cc1. The summed E-state index contributed by atoms with van der Waals surface area (Å²) in [6, 6.07) is 13.1. The third-order valence-corrected chi connectivity index (χ3v) is 4.50. The summed E-state index contributed by atoms with van der Waals surface area (Å²) >= 11 is 0. The second-order valence-corrected chi connectivity index (χ2v) is 6.80. The lowest BCUT2D eigenvalue weighted by Crippen LogP contribution is -2.30. The van der Waals surface area contributed by atoms with E-state index in [0.717, 1.165) is 29.7 Å². The van der Waals surface area contributed by atoms with Crippen molar-refractivity contribution in [3.05, 3.63) is 53.6 Å². The van der Waals surface area contributed by atoms with E-state index in [1.165, 1.54) is 0 Å². The van der Waals surface area contributed by atoms with Gasteiger partial charge in [-0.05, 0) is 63.4 Å². The number of carbonyl (C=O) groups excluding carboxylic acids is 2. The van der Waals surface area contributed by atoms with Crippen LogP contribution in [-0.4, -0.2) is 17.9 Å². The molecule has 2 amide bonds. The maximum Gasteiger partial charge on any atom is 0.265 e. The molecular formula is C21H24N2O3. The zero-order valence-corrected chi connectivity index (χ0v) is 15.3. The Labute approximate surface area is 153 Å². The van der Waals surface area contributed by atoms with Crippen LogP contribution in [0.4, 0.5) is 11.4 Å². The zero-order valence-electron chi connectivity index (χ0n) is 15.3. The molecule has 1 atom stereocenters. The first kappa shape index (κ1) is 18.0. The van der Waals surface area contributed by atoms with E-state index >= 15 is 0 Å². The lowest BCUT2D eigenvalue weighted by molar-refractivity contribution is -0.122. The summed E-state index contributed by atoms with van der Waals surface area (Å²) in [5, 5.41) is 5.82. The minimum Gasteiger partial charge on any atom is -0.481 e. The molecule has 0 spiro atoms. The van der Waals surface area contributed by atoms with Crippen LogP contribution in [0, 0.1) is 19.8 Å². The summed E-state index contributed by atoms with van der Waals surface area (Å²) in [5.41, 5.74) is 3.36. The maximum atomic E-state index is 12.5. The van der Waals surface area contributed by atoms with Gasteiger partial charge >= 0.3 is 0 Å². The van der Waals surface area contributed by atoms with Gasteiger partial charge in [-0.15, -0.1) is 0 Å². The molecular weight excluding hydrogens is 328 g/mol. The van der Waals surface area contributed by atoms with Gasteiger partial charge in [0.1, 0.15) is 5.75 Å². The van der Waals surface area contributed by atoms with Crippen molar-refractivity contribution < 1.29 is 14.3 Å². The van der Waals surface area contributed by atoms with Gasteiger partial charge in [0.25, 0.3) is 5.91 Å². The number of benzene rings is 2. The van der Waals surface area contributed by atoms with Crippen molar-refractivity contribution in [3.8, 4) is 5.75 Å². The summed E-state index contributed by atoms with van der Waals surface area (Å²) in [6.45, 7) is 5.59. The zero-order chi connectivity index (χ0) is 18.7. The van der Waals surface area contributed by atoms with E-state index in [4.69, 9.17) is 4.74 Å². The number of hydrogen-bond donors (Lipinski definition) is 2. The predicted molar refractivity (Wildman–Crippen MR) is 102 cm³/mol. The Morgan fingerprint density at radius 2 is 1.62 bits per heavy atom. The summed E-state index contributed by atoms with van der Waals surface area (Å²) < 4.78 is 5.70. The van der Waals surface area contributed by atoms with Crippen molar-refractivity contribution in [2.75, 3.05) is 10.6 Å². The summed E-state index contributed by atoms with van der Waals surface area (Å²) in [4.78, 5) is 24.4. The topological polar surface area (TPSA) is 67.4 Å². The number of aryl methyl sites for hydroxylation is 1. The van der Waals surface area contributed by atoms with Crippen molar-refractivity contribution in [3.63, 3.8) is 0 Å². The Kier molecular flexibility index (Phi) is 5.26. The molecule has 1 unspecified atom stereocenters. The Balaban J connectivity index is 1.64. The molecule has 1 fully saturated rings. The number of anilines is 2. The molecule has 0 aliphatic heterocycles. The average molecular weight is 352 g/mol. The van der Waals surface area contributed by atoms with Crippen LogP contribution in [0.1, 0.15) is 30.9 Å². The van der Waals surface area contributed by atoms with Gasteiger partial charge in [-0.25, -0.2) is 0 Å². The molecule has 136 valence electrons. The maximum absolute atomic E-state index is 12.5. The van der Waals surface area contributed by atoms with Crippen LogP contribution in [0.5, 0.6) is 5.75 Å². The molecule has 0 radical (unpaired) electrons. The van der Waals surface area contributed by atoms with Gasteiger partial charge in [-0.3, -0.25) is 9.59 Å². The molecule has 0 saturated heterocycles. The van der Waals surface area contributed by atoms with Crippen LogP contribution >= 0.6 is 0 Å². The standard InChI is InChI=1S/C21H24N2O3/c1-13-7-11-17(12-8-13)26-15(3)20(24)22-18-5-4-6-19(14(18)2)23-21(25)16-9-10-16/h4-8,11-12,15-16H,9-10H2,1-3H3,(H,22,24)(H,23,25). The normalized spacial score (nSPS) is 14.4. The third-order valence-electron chi connectivity index (χ3n) is 4.50. The molecule has 1 aliphatic carbocycles. The van der Waals surface area contributed by atoms with Gasteiger partial charge in [0.05, 0.1) is 0 Å². The first-order valence-electron chi connectivity index (χ1n) is 8.88. The fourth-order valence-electron chi connectivity index (χ4n) is 2.60. The Morgan fingerprint density at radius 1 is 1.00 bits per heavy atom. The molecule has 1 saturated carbocycles. The summed E-state index contributed by atoms with van der Waals surface area (Å²) in [5.74, 6) is 0.600. The van der Waals surface area contributed by atoms with E-state index in [1.807, 2.05) is 56.3 Å². The quantitative estimate of drug-likeness (QED) is 0.824. The number of amides is 2. The number of ether oxygens (including phenoxy) is 1. The van der Waals surface area contributed by atoms with Gasteiger partial charge in [-0.1, -0.05) is 23.8 Å². The van der Waals surface area contributed by atoms with E-state index in [9.17, 15) is 9.59 Å². The Morgan fingerprint density at radius 3 is 2.23 bits per heavy atom. The molecule has 0 heterocycles. The highest BCUT2D eigenvalue weighted by atomic mass is 16.5. The highest BCUT2D eigenvalue weighted by Gasteiger charge is 2.30. The lowest BCUT2D eigenvalue weighted by atomic mass is 10.1. The predicted octanol–water partition coefficient (Wildman–Crippen LogP) is 4.06. The molecule has 26 heavy (non-hydrogen) atoms. The van der Waals surface area contributed by atoms with Crippen LogP contribution in [0.15, 0.2) is 42.5 Å². The molecule has 0 aromatic heterocycles. The molecule has 0 bridgehead atoms. The van der Waals surface area contributed by atoms with E-state index in [2.05, 4.69) is 10.6 Å². The highest BCUT2D eigenvalue weighted by Crippen LogP contribution is 2.31. The lowest BCUT2D eigenvalue weighted by Gasteiger charge is -2.17. The number of carbonyl (C=O) groups is 2. The number of nitrogens with one attached hydrogen (secondary N) is 2. The minimum atomic E-state index is -0.637. The minimum absolute atomic E-state index is 0.0487. The largest absolute Gasteiger partial charge is 0.481 e. The fourth-order valence-corrected chi connectivity index (χ4v) is 2.60. The van der Waals surface area contributed by atoms with Crippen LogP contribution in [0.2, 0.25) is 0 Å². The van der Waals surface area contributed by atoms with Gasteiger partial charge in [0.2, 0.25) is 5.91 Å². The second-order valence-electron chi connectivity index (χ2n) is 6.80. The van der Waals surface area contributed by atoms with Crippen molar-refractivity contribution in [1.29, 1.82) is 0 Å². The van der Waals surface area contributed by atoms with E-state index < -0.39 is 6.10 Å². The van der Waals surface area contributed by atoms with Gasteiger partial charge < -0.3 is 15.4 Å². The van der Waals surface area contributed by atoms with E-state index in [1.54, 1.807) is 6.92 Å². The van der Waals surface area contributed by atoms with Crippen LogP contribution in [0.3, 0.4) is 0 Å². The monoisotopic (exact) mass is 352 g/mol. The molecule has 5 heteroatoms. The van der Waals surface area contributed by atoms with Crippen molar-refractivity contribution >= 4 is 23.2 Å². The van der Waals surface area contributed by atoms with Crippen LogP contribution < -0.4 is 15.4 Å². The molecule has 5 nitrogen and oxygen atoms in total. The molecule has 2 aromatic carbocycles. The third kappa shape index (κ3) is 4.42. The van der Waals surface area contributed by atoms with E-state index in [0.29, 0.717) is 11.4 Å². The Hall–Kier alpha value is -2.82. The Bertz CT molecular complexity index is 811. The van der Waals surface area contributed by atoms with Gasteiger partial charge in [0, 0.05) is 17.3 Å². The summed E-state index contributed by atoms with van der Waals surface area (Å²) in [6.07, 6.45) is 1.27. The van der Waals surface area contributed by atoms with Crippen molar-refractivity contribution in [1.82, 2.24) is 0 Å². The van der Waals surface area contributed by atoms with Gasteiger partial charge in [-0.2, -0.15) is 0 Å². The van der Waals surface area contributed by atoms with Crippen LogP contribution in [-0.2, 0) is 9.59 Å². The van der Waals surface area contributed by atoms with Crippen molar-refractivity contribution in [2.24, 2.45) is 5.92 Å². The summed E-state index contributed by atoms with van der Waals surface area (Å²) in [7, 11) is 0. The smallest absolute Gasteiger partial charge is 0.265 e. The molecule has 2 N–H and O–H groups in total. The van der Waals surface area contributed by atoms with Crippen molar-refractivity contribution in [2.45, 2.75) is 39.7 Å². The first-order valence-corrected chi connectivity index (χ1v) is 8.88. The first-order chi connectivity index (χ1) is 12.4. The molecule has 2 aromatic rings. The number of hydrogen-bond acceptors (Lipinski definition) is 3. The molecule has 3 rings (SSSR count). The molecule has 1 aliphatic rings. The van der Waals surface area contributed by atoms with Gasteiger partial charge in [0.15, 0.2) is 6.10 Å². The van der Waals surface area contributed by atoms with Crippen LogP contribution in [0.25, 0.3) is 0 Å². The second kappa shape index (κ2) is 7.60. The highest BCUT2D eigenvalue weighted by molar-refractivity contribution is 5.98. The number of rotatable bonds is 6. The average Bonchev–Trinajstić information content (AvgIpc) is 3.45.